The van der Waals surface area contributed by atoms with E-state index in [1.807, 2.05) is 31.3 Å². The van der Waals surface area contributed by atoms with Gasteiger partial charge in [0.05, 0.1) is 0 Å². The zero-order chi connectivity index (χ0) is 10.2. The molecule has 0 aliphatic rings. The Balaban J connectivity index is 2.10. The summed E-state index contributed by atoms with van der Waals surface area (Å²) in [5.41, 5.74) is 1.11. The van der Waals surface area contributed by atoms with Crippen molar-refractivity contribution in [1.29, 1.82) is 0 Å². The molecule has 0 aliphatic heterocycles. The van der Waals surface area contributed by atoms with Gasteiger partial charge in [0.15, 0.2) is 0 Å². The molecule has 1 atom stereocenters. The van der Waals surface area contributed by atoms with Crippen LogP contribution in [0.5, 0.6) is 0 Å². The molecule has 0 aliphatic carbocycles. The van der Waals surface area contributed by atoms with E-state index in [0.717, 1.165) is 25.2 Å². The number of hydrogen-bond acceptors (Lipinski definition) is 3. The molecule has 1 heterocycles. The largest absolute Gasteiger partial charge is 0.396 e. The predicted molar refractivity (Wildman–Crippen MR) is 57.1 cm³/mol. The van der Waals surface area contributed by atoms with Crippen LogP contribution in [0.2, 0.25) is 0 Å². The highest BCUT2D eigenvalue weighted by molar-refractivity contribution is 5.03. The Morgan fingerprint density at radius 1 is 1.50 bits per heavy atom. The Morgan fingerprint density at radius 3 is 3.00 bits per heavy atom. The van der Waals surface area contributed by atoms with Crippen LogP contribution < -0.4 is 5.32 Å². The molecule has 3 heteroatoms. The van der Waals surface area contributed by atoms with E-state index >= 15 is 0 Å². The molecule has 2 N–H and O–H groups in total. The molecule has 0 bridgehead atoms. The van der Waals surface area contributed by atoms with Gasteiger partial charge in [-0.05, 0) is 24.6 Å². The van der Waals surface area contributed by atoms with E-state index < -0.39 is 0 Å². The molecule has 0 fully saturated rings. The van der Waals surface area contributed by atoms with Gasteiger partial charge in [-0.3, -0.25) is 4.98 Å². The fourth-order valence-electron chi connectivity index (χ4n) is 1.18. The molecule has 0 radical (unpaired) electrons. The second-order valence-corrected chi connectivity index (χ2v) is 3.56. The Labute approximate surface area is 85.2 Å². The highest BCUT2D eigenvalue weighted by atomic mass is 16.3. The summed E-state index contributed by atoms with van der Waals surface area (Å²) in [5.74, 6) is 0.332. The fourth-order valence-corrected chi connectivity index (χ4v) is 1.18. The molecule has 1 unspecified atom stereocenters. The van der Waals surface area contributed by atoms with Crippen LogP contribution in [0.15, 0.2) is 24.4 Å². The highest BCUT2D eigenvalue weighted by Crippen LogP contribution is 1.94. The van der Waals surface area contributed by atoms with Crippen LogP contribution >= 0.6 is 0 Å². The van der Waals surface area contributed by atoms with E-state index in [1.54, 1.807) is 0 Å². The van der Waals surface area contributed by atoms with Gasteiger partial charge in [-0.15, -0.1) is 0 Å². The molecule has 0 spiro atoms. The van der Waals surface area contributed by atoms with Crippen molar-refractivity contribution in [1.82, 2.24) is 10.3 Å². The van der Waals surface area contributed by atoms with E-state index in [1.165, 1.54) is 0 Å². The average molecular weight is 194 g/mol. The molecule has 1 rings (SSSR count). The number of aliphatic hydroxyl groups excluding tert-OH is 1. The topological polar surface area (TPSA) is 45.1 Å². The molecule has 0 saturated carbocycles. The number of aliphatic hydroxyl groups is 1. The molecule has 78 valence electrons. The van der Waals surface area contributed by atoms with E-state index in [-0.39, 0.29) is 6.61 Å². The first-order chi connectivity index (χ1) is 6.83. The van der Waals surface area contributed by atoms with Crippen molar-refractivity contribution in [2.45, 2.75) is 13.3 Å². The lowest BCUT2D eigenvalue weighted by molar-refractivity contribution is 0.234. The van der Waals surface area contributed by atoms with Gasteiger partial charge >= 0.3 is 0 Å². The van der Waals surface area contributed by atoms with E-state index in [2.05, 4.69) is 10.3 Å². The fraction of sp³-hybridized carbons (Fsp3) is 0.545. The summed E-state index contributed by atoms with van der Waals surface area (Å²) in [7, 11) is 0. The van der Waals surface area contributed by atoms with Crippen molar-refractivity contribution in [3.05, 3.63) is 30.1 Å². The van der Waals surface area contributed by atoms with Crippen molar-refractivity contribution in [3.8, 4) is 0 Å². The van der Waals surface area contributed by atoms with Crippen LogP contribution in [0.1, 0.15) is 12.6 Å². The summed E-state index contributed by atoms with van der Waals surface area (Å²) in [6.07, 6.45) is 2.75. The van der Waals surface area contributed by atoms with Gasteiger partial charge in [-0.2, -0.15) is 0 Å². The summed E-state index contributed by atoms with van der Waals surface area (Å²) in [4.78, 5) is 4.23. The van der Waals surface area contributed by atoms with E-state index in [4.69, 9.17) is 5.11 Å². The highest BCUT2D eigenvalue weighted by Gasteiger charge is 1.98. The number of rotatable bonds is 6. The van der Waals surface area contributed by atoms with Gasteiger partial charge in [0.1, 0.15) is 0 Å². The number of pyridine rings is 1. The maximum atomic E-state index is 8.80. The van der Waals surface area contributed by atoms with E-state index in [9.17, 15) is 0 Å². The van der Waals surface area contributed by atoms with Crippen LogP contribution in [0.25, 0.3) is 0 Å². The Bertz CT molecular complexity index is 238. The van der Waals surface area contributed by atoms with Crippen LogP contribution in [0.3, 0.4) is 0 Å². The van der Waals surface area contributed by atoms with Gasteiger partial charge < -0.3 is 10.4 Å². The third kappa shape index (κ3) is 4.35. The second-order valence-electron chi connectivity index (χ2n) is 3.56. The van der Waals surface area contributed by atoms with Crippen LogP contribution in [-0.2, 0) is 6.42 Å². The van der Waals surface area contributed by atoms with Gasteiger partial charge in [-0.1, -0.05) is 13.0 Å². The normalized spacial score (nSPS) is 12.7. The third-order valence-corrected chi connectivity index (χ3v) is 2.09. The molecule has 0 amide bonds. The minimum Gasteiger partial charge on any atom is -0.396 e. The van der Waals surface area contributed by atoms with Crippen molar-refractivity contribution in [2.75, 3.05) is 19.7 Å². The van der Waals surface area contributed by atoms with Crippen LogP contribution in [0, 0.1) is 5.92 Å². The maximum absolute atomic E-state index is 8.80. The first-order valence-electron chi connectivity index (χ1n) is 5.04. The molecule has 0 saturated heterocycles. The van der Waals surface area contributed by atoms with Crippen molar-refractivity contribution < 1.29 is 5.11 Å². The number of aromatic nitrogens is 1. The molecule has 3 nitrogen and oxygen atoms in total. The lowest BCUT2D eigenvalue weighted by Gasteiger charge is -2.08. The van der Waals surface area contributed by atoms with Crippen LogP contribution in [-0.4, -0.2) is 29.8 Å². The van der Waals surface area contributed by atoms with Crippen molar-refractivity contribution in [3.63, 3.8) is 0 Å². The molecular formula is C11H18N2O. The van der Waals surface area contributed by atoms with Gasteiger partial charge in [0, 0.05) is 31.5 Å². The smallest absolute Gasteiger partial charge is 0.0468 e. The van der Waals surface area contributed by atoms with Crippen molar-refractivity contribution >= 4 is 0 Å². The monoisotopic (exact) mass is 194 g/mol. The number of nitrogens with one attached hydrogen (secondary N) is 1. The average Bonchev–Trinajstić information content (AvgIpc) is 2.25. The SMILES string of the molecule is CC(CO)CNCCc1ccccn1. The molecule has 1 aromatic heterocycles. The summed E-state index contributed by atoms with van der Waals surface area (Å²) >= 11 is 0. The zero-order valence-corrected chi connectivity index (χ0v) is 8.61. The summed E-state index contributed by atoms with van der Waals surface area (Å²) in [6, 6.07) is 5.95. The maximum Gasteiger partial charge on any atom is 0.0468 e. The summed E-state index contributed by atoms with van der Waals surface area (Å²) in [6.45, 7) is 4.05. The third-order valence-electron chi connectivity index (χ3n) is 2.09. The summed E-state index contributed by atoms with van der Waals surface area (Å²) < 4.78 is 0. The second kappa shape index (κ2) is 6.51. The quantitative estimate of drug-likeness (QED) is 0.660. The minimum atomic E-state index is 0.247. The van der Waals surface area contributed by atoms with Gasteiger partial charge in [0.2, 0.25) is 0 Å². The molecule has 14 heavy (non-hydrogen) atoms. The lowest BCUT2D eigenvalue weighted by atomic mass is 10.2. The van der Waals surface area contributed by atoms with Crippen LogP contribution in [0.4, 0.5) is 0 Å². The predicted octanol–water partition coefficient (Wildman–Crippen LogP) is 0.842. The van der Waals surface area contributed by atoms with Crippen molar-refractivity contribution in [2.24, 2.45) is 5.92 Å². The summed E-state index contributed by atoms with van der Waals surface area (Å²) in [5, 5.41) is 12.1. The standard InChI is InChI=1S/C11H18N2O/c1-10(9-14)8-12-7-5-11-4-2-3-6-13-11/h2-4,6,10,12,14H,5,7-9H2,1H3. The molecule has 0 aromatic carbocycles. The Morgan fingerprint density at radius 2 is 2.36 bits per heavy atom. The Hall–Kier alpha value is -0.930. The first-order valence-corrected chi connectivity index (χ1v) is 5.04. The molecular weight excluding hydrogens is 176 g/mol. The Kier molecular flexibility index (Phi) is 5.19. The van der Waals surface area contributed by atoms with Gasteiger partial charge in [0.25, 0.3) is 0 Å². The molecule has 1 aromatic rings. The van der Waals surface area contributed by atoms with Gasteiger partial charge in [-0.25, -0.2) is 0 Å². The zero-order valence-electron chi connectivity index (χ0n) is 8.61. The lowest BCUT2D eigenvalue weighted by Crippen LogP contribution is -2.25. The first kappa shape index (κ1) is 11.1. The number of nitrogens with zero attached hydrogens (tertiary/aromatic N) is 1. The number of hydrogen-bond donors (Lipinski definition) is 2. The van der Waals surface area contributed by atoms with E-state index in [0.29, 0.717) is 5.92 Å². The minimum absolute atomic E-state index is 0.247.